The molecule has 2 aromatic rings. The number of rotatable bonds is 11. The molecule has 1 aliphatic rings. The summed E-state index contributed by atoms with van der Waals surface area (Å²) in [5.74, 6) is 0.920. The van der Waals surface area contributed by atoms with Crippen molar-refractivity contribution in [2.24, 2.45) is 7.05 Å². The third kappa shape index (κ3) is 5.81. The third-order valence-electron chi connectivity index (χ3n) is 5.69. The SMILES string of the molecule is CCCCN(Cc1cccn1C)C(=O)CN(C(=O)c1cc(OC)cc(OC)c1)C1CC1. The summed E-state index contributed by atoms with van der Waals surface area (Å²) in [6, 6.07) is 9.24. The summed E-state index contributed by atoms with van der Waals surface area (Å²) in [6.07, 6.45) is 5.76. The lowest BCUT2D eigenvalue weighted by Crippen LogP contribution is -2.44. The number of amides is 2. The van der Waals surface area contributed by atoms with E-state index < -0.39 is 0 Å². The number of aromatic nitrogens is 1. The smallest absolute Gasteiger partial charge is 0.254 e. The van der Waals surface area contributed by atoms with Crippen LogP contribution in [-0.2, 0) is 18.4 Å². The minimum absolute atomic E-state index is 0.0234. The first-order valence-corrected chi connectivity index (χ1v) is 10.9. The molecule has 1 aromatic heterocycles. The first-order valence-electron chi connectivity index (χ1n) is 10.9. The lowest BCUT2D eigenvalue weighted by molar-refractivity contribution is -0.132. The van der Waals surface area contributed by atoms with Gasteiger partial charge in [0.2, 0.25) is 5.91 Å². The molecule has 7 nitrogen and oxygen atoms in total. The van der Waals surface area contributed by atoms with E-state index in [-0.39, 0.29) is 24.4 Å². The fraction of sp³-hybridized carbons (Fsp3) is 0.500. The number of nitrogens with zero attached hydrogens (tertiary/aromatic N) is 3. The Morgan fingerprint density at radius 1 is 1.13 bits per heavy atom. The molecule has 0 saturated heterocycles. The van der Waals surface area contributed by atoms with E-state index in [1.807, 2.05) is 34.8 Å². The van der Waals surface area contributed by atoms with E-state index in [0.717, 1.165) is 31.4 Å². The minimum atomic E-state index is -0.164. The Kier molecular flexibility index (Phi) is 7.60. The maximum Gasteiger partial charge on any atom is 0.254 e. The molecule has 0 atom stereocenters. The molecule has 0 aliphatic heterocycles. The molecule has 1 saturated carbocycles. The Hall–Kier alpha value is -2.96. The molecule has 1 fully saturated rings. The number of benzene rings is 1. The topological polar surface area (TPSA) is 64.0 Å². The second-order valence-corrected chi connectivity index (χ2v) is 8.04. The molecular weight excluding hydrogens is 394 g/mol. The summed E-state index contributed by atoms with van der Waals surface area (Å²) in [7, 11) is 5.09. The van der Waals surface area contributed by atoms with E-state index in [2.05, 4.69) is 6.92 Å². The van der Waals surface area contributed by atoms with Crippen LogP contribution in [0.5, 0.6) is 11.5 Å². The first kappa shape index (κ1) is 22.7. The van der Waals surface area contributed by atoms with Crippen molar-refractivity contribution in [1.29, 1.82) is 0 Å². The Morgan fingerprint density at radius 3 is 2.32 bits per heavy atom. The standard InChI is InChI=1S/C24H33N3O4/c1-5-6-12-26(16-20-8-7-11-25(20)2)23(28)17-27(19-9-10-19)24(29)18-13-21(30-3)15-22(14-18)31-4/h7-8,11,13-15,19H,5-6,9-10,12,16-17H2,1-4H3. The van der Waals surface area contributed by atoms with Crippen LogP contribution in [0.2, 0.25) is 0 Å². The molecule has 0 bridgehead atoms. The average Bonchev–Trinajstić information content (AvgIpc) is 3.55. The van der Waals surface area contributed by atoms with E-state index in [0.29, 0.717) is 30.2 Å². The summed E-state index contributed by atoms with van der Waals surface area (Å²) in [5.41, 5.74) is 1.55. The Labute approximate surface area is 184 Å². The summed E-state index contributed by atoms with van der Waals surface area (Å²) >= 11 is 0. The van der Waals surface area contributed by atoms with Gasteiger partial charge in [0, 0.05) is 43.2 Å². The Balaban J connectivity index is 1.78. The lowest BCUT2D eigenvalue weighted by atomic mass is 10.1. The van der Waals surface area contributed by atoms with E-state index in [1.165, 1.54) is 0 Å². The Morgan fingerprint density at radius 2 is 1.81 bits per heavy atom. The third-order valence-corrected chi connectivity index (χ3v) is 5.69. The van der Waals surface area contributed by atoms with Gasteiger partial charge in [-0.1, -0.05) is 13.3 Å². The molecule has 1 heterocycles. The fourth-order valence-corrected chi connectivity index (χ4v) is 3.59. The van der Waals surface area contributed by atoms with Gasteiger partial charge in [-0.15, -0.1) is 0 Å². The number of hydrogen-bond donors (Lipinski definition) is 0. The number of methoxy groups -OCH3 is 2. The second-order valence-electron chi connectivity index (χ2n) is 8.04. The monoisotopic (exact) mass is 427 g/mol. The number of hydrogen-bond acceptors (Lipinski definition) is 4. The van der Waals surface area contributed by atoms with Crippen molar-refractivity contribution in [1.82, 2.24) is 14.4 Å². The van der Waals surface area contributed by atoms with Crippen molar-refractivity contribution in [2.75, 3.05) is 27.3 Å². The van der Waals surface area contributed by atoms with E-state index in [1.54, 1.807) is 37.3 Å². The summed E-state index contributed by atoms with van der Waals surface area (Å²) in [5, 5.41) is 0. The maximum atomic E-state index is 13.3. The highest BCUT2D eigenvalue weighted by Gasteiger charge is 2.35. The van der Waals surface area contributed by atoms with Gasteiger partial charge in [-0.25, -0.2) is 0 Å². The van der Waals surface area contributed by atoms with Gasteiger partial charge in [-0.2, -0.15) is 0 Å². The van der Waals surface area contributed by atoms with Gasteiger partial charge in [0.15, 0.2) is 0 Å². The number of ether oxygens (including phenoxy) is 2. The van der Waals surface area contributed by atoms with Crippen LogP contribution in [0.4, 0.5) is 0 Å². The molecule has 0 unspecified atom stereocenters. The highest BCUT2D eigenvalue weighted by molar-refractivity contribution is 5.97. The molecule has 7 heteroatoms. The van der Waals surface area contributed by atoms with Crippen LogP contribution in [0, 0.1) is 0 Å². The predicted octanol–water partition coefficient (Wildman–Crippen LogP) is 3.48. The van der Waals surface area contributed by atoms with Gasteiger partial charge in [-0.05, 0) is 43.5 Å². The highest BCUT2D eigenvalue weighted by atomic mass is 16.5. The fourth-order valence-electron chi connectivity index (χ4n) is 3.59. The quantitative estimate of drug-likeness (QED) is 0.551. The normalized spacial score (nSPS) is 13.0. The predicted molar refractivity (Wildman–Crippen MR) is 119 cm³/mol. The molecule has 31 heavy (non-hydrogen) atoms. The molecule has 3 rings (SSSR count). The summed E-state index contributed by atoms with van der Waals surface area (Å²) < 4.78 is 12.6. The molecule has 1 aliphatic carbocycles. The van der Waals surface area contributed by atoms with E-state index in [9.17, 15) is 9.59 Å². The van der Waals surface area contributed by atoms with Crippen molar-refractivity contribution < 1.29 is 19.1 Å². The Bertz CT molecular complexity index is 882. The van der Waals surface area contributed by atoms with Crippen molar-refractivity contribution in [2.45, 2.75) is 45.2 Å². The van der Waals surface area contributed by atoms with Crippen LogP contribution in [0.25, 0.3) is 0 Å². The van der Waals surface area contributed by atoms with Crippen LogP contribution in [0.3, 0.4) is 0 Å². The van der Waals surface area contributed by atoms with Crippen LogP contribution in [0.1, 0.15) is 48.7 Å². The zero-order valence-corrected chi connectivity index (χ0v) is 19.0. The number of aryl methyl sites for hydroxylation is 1. The van der Waals surface area contributed by atoms with Gasteiger partial charge < -0.3 is 23.8 Å². The molecule has 0 radical (unpaired) electrons. The van der Waals surface area contributed by atoms with Crippen molar-refractivity contribution in [3.63, 3.8) is 0 Å². The molecule has 168 valence electrons. The average molecular weight is 428 g/mol. The lowest BCUT2D eigenvalue weighted by Gasteiger charge is -2.28. The van der Waals surface area contributed by atoms with E-state index >= 15 is 0 Å². The highest BCUT2D eigenvalue weighted by Crippen LogP contribution is 2.30. The van der Waals surface area contributed by atoms with Gasteiger partial charge in [-0.3, -0.25) is 9.59 Å². The minimum Gasteiger partial charge on any atom is -0.497 e. The summed E-state index contributed by atoms with van der Waals surface area (Å²) in [4.78, 5) is 30.2. The number of carbonyl (C=O) groups is 2. The van der Waals surface area contributed by atoms with Gasteiger partial charge in [0.05, 0.1) is 20.8 Å². The van der Waals surface area contributed by atoms with Gasteiger partial charge >= 0.3 is 0 Å². The zero-order valence-electron chi connectivity index (χ0n) is 19.0. The van der Waals surface area contributed by atoms with Crippen LogP contribution in [0.15, 0.2) is 36.5 Å². The largest absolute Gasteiger partial charge is 0.497 e. The van der Waals surface area contributed by atoms with Crippen LogP contribution < -0.4 is 9.47 Å². The molecule has 0 spiro atoms. The molecule has 2 amide bonds. The van der Waals surface area contributed by atoms with Crippen molar-refractivity contribution >= 4 is 11.8 Å². The zero-order chi connectivity index (χ0) is 22.4. The van der Waals surface area contributed by atoms with E-state index in [4.69, 9.17) is 9.47 Å². The number of carbonyl (C=O) groups excluding carboxylic acids is 2. The first-order chi connectivity index (χ1) is 15.0. The molecule has 1 aromatic carbocycles. The molecular formula is C24H33N3O4. The van der Waals surface area contributed by atoms with Crippen molar-refractivity contribution in [3.8, 4) is 11.5 Å². The maximum absolute atomic E-state index is 13.3. The van der Waals surface area contributed by atoms with Crippen LogP contribution in [-0.4, -0.2) is 59.5 Å². The van der Waals surface area contributed by atoms with Crippen molar-refractivity contribution in [3.05, 3.63) is 47.8 Å². The van der Waals surface area contributed by atoms with Gasteiger partial charge in [0.25, 0.3) is 5.91 Å². The van der Waals surface area contributed by atoms with Crippen LogP contribution >= 0.6 is 0 Å². The second kappa shape index (κ2) is 10.4. The number of unbranched alkanes of at least 4 members (excludes halogenated alkanes) is 1. The molecule has 0 N–H and O–H groups in total. The van der Waals surface area contributed by atoms with Gasteiger partial charge in [0.1, 0.15) is 18.0 Å². The summed E-state index contributed by atoms with van der Waals surface area (Å²) in [6.45, 7) is 3.42.